The fourth-order valence-electron chi connectivity index (χ4n) is 3.38. The van der Waals surface area contributed by atoms with Gasteiger partial charge in [-0.05, 0) is 45.4 Å². The van der Waals surface area contributed by atoms with Gasteiger partial charge in [-0.3, -0.25) is 0 Å². The Morgan fingerprint density at radius 3 is 2.81 bits per heavy atom. The van der Waals surface area contributed by atoms with Crippen molar-refractivity contribution >= 4 is 0 Å². The summed E-state index contributed by atoms with van der Waals surface area (Å²) in [5.74, 6) is 1.43. The highest BCUT2D eigenvalue weighted by Gasteiger charge is 2.23. The summed E-state index contributed by atoms with van der Waals surface area (Å²) in [6.45, 7) is 6.47. The largest absolute Gasteiger partial charge is 0.494 e. The number of aromatic nitrogens is 2. The minimum absolute atomic E-state index is 0.571. The molecule has 1 aromatic heterocycles. The molecule has 0 amide bonds. The number of hydrogen-bond donors (Lipinski definition) is 1. The Labute approximate surface area is 126 Å². The maximum Gasteiger partial charge on any atom is 0.144 e. The number of nitrogens with zero attached hydrogens (tertiary/aromatic N) is 2. The first-order valence-corrected chi connectivity index (χ1v) is 7.62. The molecule has 1 atom stereocenters. The number of hydrogen-bond acceptors (Lipinski definition) is 3. The predicted octanol–water partition coefficient (Wildman–Crippen LogP) is 2.96. The summed E-state index contributed by atoms with van der Waals surface area (Å²) in [6, 6.07) is 8.05. The predicted molar refractivity (Wildman–Crippen MR) is 84.4 cm³/mol. The van der Waals surface area contributed by atoms with Crippen LogP contribution in [0.2, 0.25) is 0 Å². The lowest BCUT2D eigenvalue weighted by Gasteiger charge is -2.23. The normalized spacial score (nSPS) is 18.7. The van der Waals surface area contributed by atoms with Gasteiger partial charge in [0.2, 0.25) is 0 Å². The van der Waals surface area contributed by atoms with Crippen LogP contribution in [-0.2, 0) is 0 Å². The standard InChI is InChI=1S/C17H23N3O/c1-12-17(14-7-6-10-18-11-14)13(2)20(19-12)15-8-4-5-9-16(15)21-3/h4-5,8-9,14,18H,6-7,10-11H2,1-3H3. The lowest BCUT2D eigenvalue weighted by Crippen LogP contribution is -2.28. The Morgan fingerprint density at radius 1 is 1.29 bits per heavy atom. The smallest absolute Gasteiger partial charge is 0.144 e. The van der Waals surface area contributed by atoms with Crippen LogP contribution >= 0.6 is 0 Å². The van der Waals surface area contributed by atoms with Gasteiger partial charge in [-0.25, -0.2) is 4.68 Å². The number of piperidine rings is 1. The first-order valence-electron chi connectivity index (χ1n) is 7.62. The minimum atomic E-state index is 0.571. The van der Waals surface area contributed by atoms with Gasteiger partial charge in [-0.1, -0.05) is 12.1 Å². The van der Waals surface area contributed by atoms with Crippen molar-refractivity contribution < 1.29 is 4.74 Å². The summed E-state index contributed by atoms with van der Waals surface area (Å²) in [5, 5.41) is 8.27. The molecule has 1 unspecified atom stereocenters. The second-order valence-corrected chi connectivity index (χ2v) is 5.71. The van der Waals surface area contributed by atoms with Crippen molar-refractivity contribution in [3.8, 4) is 11.4 Å². The second-order valence-electron chi connectivity index (χ2n) is 5.71. The molecular formula is C17H23N3O. The number of ether oxygens (including phenoxy) is 1. The van der Waals surface area contributed by atoms with Gasteiger partial charge < -0.3 is 10.1 Å². The van der Waals surface area contributed by atoms with Crippen molar-refractivity contribution in [2.24, 2.45) is 0 Å². The van der Waals surface area contributed by atoms with Crippen LogP contribution in [0.25, 0.3) is 5.69 Å². The number of methoxy groups -OCH3 is 1. The molecule has 1 aliphatic rings. The molecule has 4 nitrogen and oxygen atoms in total. The van der Waals surface area contributed by atoms with Gasteiger partial charge in [0.1, 0.15) is 11.4 Å². The van der Waals surface area contributed by atoms with Crippen molar-refractivity contribution in [1.82, 2.24) is 15.1 Å². The van der Waals surface area contributed by atoms with Gasteiger partial charge in [-0.15, -0.1) is 0 Å². The van der Waals surface area contributed by atoms with Gasteiger partial charge in [0.05, 0.1) is 12.8 Å². The third-order valence-electron chi connectivity index (χ3n) is 4.37. The lowest BCUT2D eigenvalue weighted by atomic mass is 9.90. The van der Waals surface area contributed by atoms with E-state index in [0.717, 1.165) is 30.2 Å². The average molecular weight is 285 g/mol. The van der Waals surface area contributed by atoms with Crippen LogP contribution in [0.5, 0.6) is 5.75 Å². The van der Waals surface area contributed by atoms with E-state index in [1.54, 1.807) is 7.11 Å². The average Bonchev–Trinajstić information content (AvgIpc) is 2.83. The van der Waals surface area contributed by atoms with Gasteiger partial charge >= 0.3 is 0 Å². The maximum absolute atomic E-state index is 5.48. The lowest BCUT2D eigenvalue weighted by molar-refractivity contribution is 0.411. The number of rotatable bonds is 3. The van der Waals surface area contributed by atoms with Gasteiger partial charge in [0.15, 0.2) is 0 Å². The van der Waals surface area contributed by atoms with E-state index in [9.17, 15) is 0 Å². The zero-order valence-electron chi connectivity index (χ0n) is 13.0. The highest BCUT2D eigenvalue weighted by atomic mass is 16.5. The molecule has 3 rings (SSSR count). The highest BCUT2D eigenvalue weighted by molar-refractivity contribution is 5.48. The molecule has 1 N–H and O–H groups in total. The Balaban J connectivity index is 2.05. The van der Waals surface area contributed by atoms with Crippen LogP contribution in [0.4, 0.5) is 0 Å². The van der Waals surface area contributed by atoms with Crippen molar-refractivity contribution in [3.63, 3.8) is 0 Å². The summed E-state index contributed by atoms with van der Waals surface area (Å²) in [4.78, 5) is 0. The van der Waals surface area contributed by atoms with Crippen molar-refractivity contribution in [1.29, 1.82) is 0 Å². The molecule has 0 radical (unpaired) electrons. The van der Waals surface area contributed by atoms with Crippen LogP contribution in [0.15, 0.2) is 24.3 Å². The topological polar surface area (TPSA) is 39.1 Å². The first kappa shape index (κ1) is 14.1. The fraction of sp³-hybridized carbons (Fsp3) is 0.471. The minimum Gasteiger partial charge on any atom is -0.494 e. The zero-order chi connectivity index (χ0) is 14.8. The Morgan fingerprint density at radius 2 is 2.10 bits per heavy atom. The summed E-state index contributed by atoms with van der Waals surface area (Å²) in [7, 11) is 1.70. The van der Waals surface area contributed by atoms with E-state index in [1.807, 2.05) is 22.9 Å². The van der Waals surface area contributed by atoms with Crippen LogP contribution < -0.4 is 10.1 Å². The fourth-order valence-corrected chi connectivity index (χ4v) is 3.38. The SMILES string of the molecule is COc1ccccc1-n1nc(C)c(C2CCCNC2)c1C. The molecule has 1 aliphatic heterocycles. The molecule has 0 bridgehead atoms. The first-order chi connectivity index (χ1) is 10.2. The Hall–Kier alpha value is -1.81. The second kappa shape index (κ2) is 5.90. The Kier molecular flexibility index (Phi) is 3.97. The molecule has 112 valence electrons. The van der Waals surface area contributed by atoms with Gasteiger partial charge in [0.25, 0.3) is 0 Å². The summed E-state index contributed by atoms with van der Waals surface area (Å²) >= 11 is 0. The van der Waals surface area contributed by atoms with E-state index in [-0.39, 0.29) is 0 Å². The molecule has 0 aliphatic carbocycles. The van der Waals surface area contributed by atoms with E-state index in [1.165, 1.54) is 24.1 Å². The van der Waals surface area contributed by atoms with Crippen LogP contribution in [0, 0.1) is 13.8 Å². The monoisotopic (exact) mass is 285 g/mol. The van der Waals surface area contributed by atoms with Crippen molar-refractivity contribution in [2.75, 3.05) is 20.2 Å². The third-order valence-corrected chi connectivity index (χ3v) is 4.37. The van der Waals surface area contributed by atoms with E-state index >= 15 is 0 Å². The summed E-state index contributed by atoms with van der Waals surface area (Å²) in [6.07, 6.45) is 2.48. The van der Waals surface area contributed by atoms with Crippen LogP contribution in [0.3, 0.4) is 0 Å². The molecule has 0 spiro atoms. The third kappa shape index (κ3) is 2.56. The molecule has 0 saturated carbocycles. The quantitative estimate of drug-likeness (QED) is 0.942. The molecule has 1 saturated heterocycles. The molecule has 1 fully saturated rings. The highest BCUT2D eigenvalue weighted by Crippen LogP contribution is 2.32. The van der Waals surface area contributed by atoms with E-state index in [4.69, 9.17) is 9.84 Å². The molecule has 4 heteroatoms. The number of nitrogens with one attached hydrogen (secondary N) is 1. The summed E-state index contributed by atoms with van der Waals surface area (Å²) < 4.78 is 7.50. The van der Waals surface area contributed by atoms with Crippen LogP contribution in [0.1, 0.15) is 35.7 Å². The van der Waals surface area contributed by atoms with Gasteiger partial charge in [-0.2, -0.15) is 5.10 Å². The number of para-hydroxylation sites is 2. The molecular weight excluding hydrogens is 262 g/mol. The van der Waals surface area contributed by atoms with Gasteiger partial charge in [0, 0.05) is 23.7 Å². The number of aryl methyl sites for hydroxylation is 1. The van der Waals surface area contributed by atoms with Crippen molar-refractivity contribution in [2.45, 2.75) is 32.6 Å². The van der Waals surface area contributed by atoms with E-state index < -0.39 is 0 Å². The molecule has 2 heterocycles. The summed E-state index contributed by atoms with van der Waals surface area (Å²) in [5.41, 5.74) is 4.77. The number of benzene rings is 1. The molecule has 21 heavy (non-hydrogen) atoms. The van der Waals surface area contributed by atoms with Crippen molar-refractivity contribution in [3.05, 3.63) is 41.2 Å². The molecule has 1 aromatic carbocycles. The maximum atomic E-state index is 5.48. The Bertz CT molecular complexity index is 627. The molecule has 2 aromatic rings. The zero-order valence-corrected chi connectivity index (χ0v) is 13.0. The van der Waals surface area contributed by atoms with E-state index in [2.05, 4.69) is 25.2 Å². The van der Waals surface area contributed by atoms with Crippen LogP contribution in [-0.4, -0.2) is 30.0 Å². The van der Waals surface area contributed by atoms with E-state index in [0.29, 0.717) is 5.92 Å².